The first-order chi connectivity index (χ1) is 16.6. The van der Waals surface area contributed by atoms with Crippen molar-refractivity contribution in [2.45, 2.75) is 64.2 Å². The monoisotopic (exact) mass is 606 g/mol. The summed E-state index contributed by atoms with van der Waals surface area (Å²) in [5.74, 6) is 0.720. The summed E-state index contributed by atoms with van der Waals surface area (Å²) in [5.41, 5.74) is 0. The van der Waals surface area contributed by atoms with Crippen molar-refractivity contribution in [3.63, 3.8) is 0 Å². The molecule has 0 aromatic rings. The van der Waals surface area contributed by atoms with Gasteiger partial charge in [-0.25, -0.2) is 0 Å². The molecule has 8 heteroatoms. The minimum atomic E-state index is 0.360. The molecule has 0 unspecified atom stereocenters. The molecule has 2 aliphatic heterocycles. The predicted octanol–water partition coefficient (Wildman–Crippen LogP) is 4.05. The standard InChI is InChI=1S/C26H48Br2N4O2/c27-11-9-25(33)23-31-19-15-29(16-20-31)13-7-5-3-1-2-4-6-8-14-30-17-21-32(22-18-30)24-26(34)10-12-28/h1-24H2. The minimum absolute atomic E-state index is 0.360. The lowest BCUT2D eigenvalue weighted by Gasteiger charge is -2.34. The summed E-state index contributed by atoms with van der Waals surface area (Å²) in [6.07, 6.45) is 12.1. The third-order valence-corrected chi connectivity index (χ3v) is 7.97. The zero-order valence-electron chi connectivity index (χ0n) is 21.3. The molecular weight excluding hydrogens is 560 g/mol. The second-order valence-electron chi connectivity index (χ2n) is 10.0. The van der Waals surface area contributed by atoms with E-state index in [4.69, 9.17) is 0 Å². The van der Waals surface area contributed by atoms with E-state index in [0.29, 0.717) is 37.5 Å². The molecule has 0 atom stereocenters. The molecule has 2 rings (SSSR count). The molecule has 0 aromatic heterocycles. The van der Waals surface area contributed by atoms with Gasteiger partial charge in [0, 0.05) is 75.9 Å². The van der Waals surface area contributed by atoms with E-state index in [0.717, 1.165) is 63.0 Å². The highest BCUT2D eigenvalue weighted by Gasteiger charge is 2.19. The van der Waals surface area contributed by atoms with Crippen molar-refractivity contribution in [3.8, 4) is 0 Å². The fraction of sp³-hybridized carbons (Fsp3) is 0.923. The molecule has 0 N–H and O–H groups in total. The van der Waals surface area contributed by atoms with E-state index in [2.05, 4.69) is 51.5 Å². The highest BCUT2D eigenvalue weighted by molar-refractivity contribution is 9.09. The van der Waals surface area contributed by atoms with Crippen LogP contribution in [-0.4, -0.2) is 120 Å². The molecule has 2 heterocycles. The summed E-state index contributed by atoms with van der Waals surface area (Å²) in [5, 5.41) is 1.57. The Morgan fingerprint density at radius 2 is 0.765 bits per heavy atom. The summed E-state index contributed by atoms with van der Waals surface area (Å²) >= 11 is 6.70. The van der Waals surface area contributed by atoms with Crippen LogP contribution in [0.4, 0.5) is 0 Å². The van der Waals surface area contributed by atoms with E-state index in [1.165, 1.54) is 64.5 Å². The Morgan fingerprint density at radius 3 is 1.09 bits per heavy atom. The van der Waals surface area contributed by atoms with Gasteiger partial charge in [0.2, 0.25) is 0 Å². The van der Waals surface area contributed by atoms with Gasteiger partial charge in [-0.15, -0.1) is 0 Å². The Kier molecular flexibility index (Phi) is 17.2. The number of alkyl halides is 2. The van der Waals surface area contributed by atoms with Crippen molar-refractivity contribution in [1.29, 1.82) is 0 Å². The number of ketones is 2. The number of nitrogens with zero attached hydrogens (tertiary/aromatic N) is 4. The lowest BCUT2D eigenvalue weighted by molar-refractivity contribution is -0.121. The number of rotatable bonds is 19. The Labute approximate surface area is 225 Å². The number of piperazine rings is 2. The number of hydrogen-bond donors (Lipinski definition) is 0. The molecule has 6 nitrogen and oxygen atoms in total. The third-order valence-electron chi connectivity index (χ3n) is 7.18. The first kappa shape index (κ1) is 30.4. The van der Waals surface area contributed by atoms with Gasteiger partial charge in [0.25, 0.3) is 0 Å². The van der Waals surface area contributed by atoms with Crippen molar-refractivity contribution in [1.82, 2.24) is 19.6 Å². The Hall–Kier alpha value is 0.140. The zero-order chi connectivity index (χ0) is 24.4. The summed E-state index contributed by atoms with van der Waals surface area (Å²) in [7, 11) is 0. The fourth-order valence-corrected chi connectivity index (χ4v) is 5.83. The molecule has 2 fully saturated rings. The van der Waals surface area contributed by atoms with Crippen LogP contribution in [0.3, 0.4) is 0 Å². The smallest absolute Gasteiger partial charge is 0.147 e. The van der Waals surface area contributed by atoms with E-state index in [-0.39, 0.29) is 0 Å². The van der Waals surface area contributed by atoms with Crippen LogP contribution in [0.2, 0.25) is 0 Å². The van der Waals surface area contributed by atoms with Crippen LogP contribution in [0.1, 0.15) is 64.2 Å². The lowest BCUT2D eigenvalue weighted by Crippen LogP contribution is -2.48. The van der Waals surface area contributed by atoms with Crippen molar-refractivity contribution in [2.24, 2.45) is 0 Å². The molecule has 34 heavy (non-hydrogen) atoms. The average molecular weight is 609 g/mol. The molecule has 0 saturated carbocycles. The van der Waals surface area contributed by atoms with E-state index in [1.807, 2.05) is 0 Å². The van der Waals surface area contributed by atoms with Crippen LogP contribution in [0.15, 0.2) is 0 Å². The Bertz CT molecular complexity index is 503. The van der Waals surface area contributed by atoms with Crippen LogP contribution in [0.25, 0.3) is 0 Å². The van der Waals surface area contributed by atoms with Crippen LogP contribution >= 0.6 is 31.9 Å². The van der Waals surface area contributed by atoms with Gasteiger partial charge in [-0.3, -0.25) is 19.4 Å². The zero-order valence-corrected chi connectivity index (χ0v) is 24.5. The molecule has 0 spiro atoms. The van der Waals surface area contributed by atoms with Gasteiger partial charge in [-0.05, 0) is 25.9 Å². The van der Waals surface area contributed by atoms with Gasteiger partial charge in [-0.1, -0.05) is 70.4 Å². The second kappa shape index (κ2) is 19.3. The van der Waals surface area contributed by atoms with Crippen molar-refractivity contribution < 1.29 is 9.59 Å². The summed E-state index contributed by atoms with van der Waals surface area (Å²) in [6.45, 7) is 12.4. The maximum atomic E-state index is 11.8. The number of carbonyl (C=O) groups excluding carboxylic acids is 2. The number of hydrogen-bond acceptors (Lipinski definition) is 6. The number of carbonyl (C=O) groups is 2. The van der Waals surface area contributed by atoms with Crippen molar-refractivity contribution >= 4 is 43.4 Å². The predicted molar refractivity (Wildman–Crippen MR) is 150 cm³/mol. The van der Waals surface area contributed by atoms with Gasteiger partial charge in [0.05, 0.1) is 13.1 Å². The maximum absolute atomic E-state index is 11.8. The third kappa shape index (κ3) is 14.0. The molecular formula is C26H48Br2N4O2. The van der Waals surface area contributed by atoms with E-state index < -0.39 is 0 Å². The van der Waals surface area contributed by atoms with Gasteiger partial charge in [0.15, 0.2) is 0 Å². The van der Waals surface area contributed by atoms with Crippen LogP contribution < -0.4 is 0 Å². The van der Waals surface area contributed by atoms with Gasteiger partial charge >= 0.3 is 0 Å². The Balaban J connectivity index is 1.34. The van der Waals surface area contributed by atoms with Crippen molar-refractivity contribution in [2.75, 3.05) is 89.2 Å². The van der Waals surface area contributed by atoms with Crippen LogP contribution in [0.5, 0.6) is 0 Å². The molecule has 0 aliphatic carbocycles. The van der Waals surface area contributed by atoms with Gasteiger partial charge < -0.3 is 9.80 Å². The highest BCUT2D eigenvalue weighted by atomic mass is 79.9. The second-order valence-corrected chi connectivity index (χ2v) is 11.6. The van der Waals surface area contributed by atoms with Gasteiger partial charge in [-0.2, -0.15) is 0 Å². The number of Topliss-reactive ketones (excluding diaryl/α,β-unsaturated/α-hetero) is 2. The summed E-state index contributed by atoms with van der Waals surface area (Å²) < 4.78 is 0. The first-order valence-electron chi connectivity index (χ1n) is 13.7. The molecule has 0 radical (unpaired) electrons. The minimum Gasteiger partial charge on any atom is -0.301 e. The SMILES string of the molecule is O=C(CCBr)CN1CCN(CCCCCCCCCCN2CCN(CC(=O)CCBr)CC2)CC1. The lowest BCUT2D eigenvalue weighted by atomic mass is 10.1. The van der Waals surface area contributed by atoms with E-state index in [9.17, 15) is 9.59 Å². The molecule has 2 aliphatic rings. The summed E-state index contributed by atoms with van der Waals surface area (Å²) in [4.78, 5) is 33.3. The largest absolute Gasteiger partial charge is 0.301 e. The average Bonchev–Trinajstić information content (AvgIpc) is 2.82. The molecule has 198 valence electrons. The molecule has 2 saturated heterocycles. The summed E-state index contributed by atoms with van der Waals surface area (Å²) in [6, 6.07) is 0. The van der Waals surface area contributed by atoms with Crippen LogP contribution in [0, 0.1) is 0 Å². The van der Waals surface area contributed by atoms with Crippen LogP contribution in [-0.2, 0) is 9.59 Å². The normalized spacial score (nSPS) is 19.0. The van der Waals surface area contributed by atoms with Gasteiger partial charge in [0.1, 0.15) is 11.6 Å². The highest BCUT2D eigenvalue weighted by Crippen LogP contribution is 2.12. The first-order valence-corrected chi connectivity index (χ1v) is 15.9. The Morgan fingerprint density at radius 1 is 0.471 bits per heavy atom. The maximum Gasteiger partial charge on any atom is 0.147 e. The number of unbranched alkanes of at least 4 members (excludes halogenated alkanes) is 7. The van der Waals surface area contributed by atoms with Crippen molar-refractivity contribution in [3.05, 3.63) is 0 Å². The van der Waals surface area contributed by atoms with E-state index >= 15 is 0 Å². The number of halogens is 2. The van der Waals surface area contributed by atoms with E-state index in [1.54, 1.807) is 0 Å². The molecule has 0 bridgehead atoms. The molecule has 0 aromatic carbocycles. The quantitative estimate of drug-likeness (QED) is 0.163. The topological polar surface area (TPSA) is 47.1 Å². The molecule has 0 amide bonds. The fourth-order valence-electron chi connectivity index (χ4n) is 4.94.